The maximum Gasteiger partial charge on any atom is 0.336 e. The van der Waals surface area contributed by atoms with Crippen LogP contribution in [0.2, 0.25) is 0 Å². The van der Waals surface area contributed by atoms with E-state index in [1.54, 1.807) is 27.2 Å². The fourth-order valence-electron chi connectivity index (χ4n) is 3.94. The van der Waals surface area contributed by atoms with Gasteiger partial charge in [-0.25, -0.2) is 4.79 Å². The minimum Gasteiger partial charge on any atom is -0.493 e. The van der Waals surface area contributed by atoms with Crippen molar-refractivity contribution in [3.63, 3.8) is 0 Å². The van der Waals surface area contributed by atoms with Gasteiger partial charge in [-0.05, 0) is 38.0 Å². The van der Waals surface area contributed by atoms with Crippen LogP contribution in [0.1, 0.15) is 38.2 Å². The van der Waals surface area contributed by atoms with Crippen LogP contribution in [0.25, 0.3) is 0 Å². The number of halogens is 1. The summed E-state index contributed by atoms with van der Waals surface area (Å²) in [7, 11) is 3.12. The van der Waals surface area contributed by atoms with E-state index in [1.165, 1.54) is 0 Å². The SMILES string of the molecule is CCOC(=O)C1=C(C)NC2=CCCC(=O)C2C1c1cc(OC)c(OC)cc1Br. The highest BCUT2D eigenvalue weighted by molar-refractivity contribution is 9.10. The number of ether oxygens (including phenoxy) is 3. The molecule has 0 saturated carbocycles. The van der Waals surface area contributed by atoms with Crippen LogP contribution in [0, 0.1) is 5.92 Å². The lowest BCUT2D eigenvalue weighted by atomic mass is 9.71. The maximum atomic E-state index is 12.9. The fraction of sp³-hybridized carbons (Fsp3) is 0.429. The largest absolute Gasteiger partial charge is 0.493 e. The standard InChI is InChI=1S/C21H24BrNO5/c1-5-28-21(25)18-11(2)23-14-7-6-8-15(24)20(14)19(18)12-9-16(26-3)17(27-4)10-13(12)22/h7,9-10,19-20,23H,5-6,8H2,1-4H3. The molecule has 7 heteroatoms. The topological polar surface area (TPSA) is 73.9 Å². The van der Waals surface area contributed by atoms with Crippen molar-refractivity contribution >= 4 is 27.7 Å². The molecule has 150 valence electrons. The van der Waals surface area contributed by atoms with Crippen molar-refractivity contribution in [2.45, 2.75) is 32.6 Å². The fourth-order valence-corrected chi connectivity index (χ4v) is 4.51. The molecule has 0 saturated heterocycles. The molecule has 1 aromatic rings. The van der Waals surface area contributed by atoms with Crippen molar-refractivity contribution in [3.8, 4) is 11.5 Å². The van der Waals surface area contributed by atoms with E-state index in [-0.39, 0.29) is 12.4 Å². The summed E-state index contributed by atoms with van der Waals surface area (Å²) in [5.74, 6) is -0.160. The third-order valence-electron chi connectivity index (χ3n) is 5.15. The number of allylic oxidation sites excluding steroid dienone is 3. The summed E-state index contributed by atoms with van der Waals surface area (Å²) in [6, 6.07) is 3.62. The molecule has 1 aliphatic carbocycles. The Labute approximate surface area is 173 Å². The first kappa shape index (κ1) is 20.5. The quantitative estimate of drug-likeness (QED) is 0.688. The summed E-state index contributed by atoms with van der Waals surface area (Å²) in [4.78, 5) is 25.7. The molecule has 2 atom stereocenters. The first-order valence-corrected chi connectivity index (χ1v) is 10.0. The second kappa shape index (κ2) is 8.39. The summed E-state index contributed by atoms with van der Waals surface area (Å²) in [5.41, 5.74) is 2.79. The van der Waals surface area contributed by atoms with Crippen molar-refractivity contribution in [3.05, 3.63) is 45.2 Å². The second-order valence-corrected chi connectivity index (χ2v) is 7.59. The van der Waals surface area contributed by atoms with Gasteiger partial charge >= 0.3 is 5.97 Å². The van der Waals surface area contributed by atoms with Crippen molar-refractivity contribution < 1.29 is 23.8 Å². The van der Waals surface area contributed by atoms with Gasteiger partial charge in [0.25, 0.3) is 0 Å². The molecule has 28 heavy (non-hydrogen) atoms. The van der Waals surface area contributed by atoms with Crippen LogP contribution in [0.4, 0.5) is 0 Å². The summed E-state index contributed by atoms with van der Waals surface area (Å²) in [6.45, 7) is 3.86. The number of nitrogens with one attached hydrogen (secondary N) is 1. The third-order valence-corrected chi connectivity index (χ3v) is 5.84. The minimum absolute atomic E-state index is 0.103. The molecule has 0 amide bonds. The van der Waals surface area contributed by atoms with Crippen LogP contribution < -0.4 is 14.8 Å². The van der Waals surface area contributed by atoms with Gasteiger partial charge in [-0.2, -0.15) is 0 Å². The molecule has 1 aromatic carbocycles. The van der Waals surface area contributed by atoms with Crippen molar-refractivity contribution in [2.75, 3.05) is 20.8 Å². The summed E-state index contributed by atoms with van der Waals surface area (Å²) in [6.07, 6.45) is 3.19. The Morgan fingerprint density at radius 3 is 2.54 bits per heavy atom. The van der Waals surface area contributed by atoms with Gasteiger partial charge in [0, 0.05) is 28.2 Å². The summed E-state index contributed by atoms with van der Waals surface area (Å²) in [5, 5.41) is 3.26. The first-order valence-electron chi connectivity index (χ1n) is 9.22. The van der Waals surface area contributed by atoms with E-state index in [9.17, 15) is 9.59 Å². The van der Waals surface area contributed by atoms with Crippen LogP contribution in [0.15, 0.2) is 39.6 Å². The number of hydrogen-bond donors (Lipinski definition) is 1. The first-order chi connectivity index (χ1) is 13.4. The van der Waals surface area contributed by atoms with Gasteiger partial charge in [-0.15, -0.1) is 0 Å². The highest BCUT2D eigenvalue weighted by atomic mass is 79.9. The normalized spacial score (nSPS) is 21.5. The molecule has 1 N–H and O–H groups in total. The van der Waals surface area contributed by atoms with Crippen molar-refractivity contribution in [1.29, 1.82) is 0 Å². The van der Waals surface area contributed by atoms with Gasteiger partial charge in [0.2, 0.25) is 0 Å². The van der Waals surface area contributed by atoms with Crippen LogP contribution >= 0.6 is 15.9 Å². The van der Waals surface area contributed by atoms with Crippen LogP contribution in [-0.4, -0.2) is 32.6 Å². The third kappa shape index (κ3) is 3.55. The van der Waals surface area contributed by atoms with Gasteiger partial charge in [-0.1, -0.05) is 22.0 Å². The van der Waals surface area contributed by atoms with Crippen LogP contribution in [-0.2, 0) is 14.3 Å². The summed E-state index contributed by atoms with van der Waals surface area (Å²) < 4.78 is 16.9. The zero-order valence-corrected chi connectivity index (χ0v) is 18.0. The molecule has 0 radical (unpaired) electrons. The molecule has 0 aromatic heterocycles. The highest BCUT2D eigenvalue weighted by Crippen LogP contribution is 2.48. The van der Waals surface area contributed by atoms with Gasteiger partial charge in [-0.3, -0.25) is 4.79 Å². The predicted molar refractivity (Wildman–Crippen MR) is 108 cm³/mol. The Bertz CT molecular complexity index is 874. The molecule has 6 nitrogen and oxygen atoms in total. The van der Waals surface area contributed by atoms with E-state index in [0.29, 0.717) is 35.6 Å². The monoisotopic (exact) mass is 449 g/mol. The number of carbonyl (C=O) groups is 2. The average Bonchev–Trinajstić information content (AvgIpc) is 2.67. The van der Waals surface area contributed by atoms with E-state index in [0.717, 1.165) is 15.7 Å². The molecule has 1 heterocycles. The number of ketones is 1. The number of carbonyl (C=O) groups excluding carboxylic acids is 2. The smallest absolute Gasteiger partial charge is 0.336 e. The number of rotatable bonds is 5. The lowest BCUT2D eigenvalue weighted by molar-refractivity contribution is -0.139. The maximum absolute atomic E-state index is 12.9. The van der Waals surface area contributed by atoms with Crippen molar-refractivity contribution in [1.82, 2.24) is 5.32 Å². The molecular formula is C21H24BrNO5. The number of benzene rings is 1. The number of esters is 1. The molecule has 0 bridgehead atoms. The van der Waals surface area contributed by atoms with Crippen LogP contribution in [0.3, 0.4) is 0 Å². The number of hydrogen-bond acceptors (Lipinski definition) is 6. The van der Waals surface area contributed by atoms with E-state index < -0.39 is 17.8 Å². The van der Waals surface area contributed by atoms with Gasteiger partial charge in [0.05, 0.1) is 32.3 Å². The number of methoxy groups -OCH3 is 2. The number of Topliss-reactive ketones (excluding diaryl/α,β-unsaturated/α-hetero) is 1. The Kier molecular flexibility index (Phi) is 6.13. The molecule has 3 rings (SSSR count). The minimum atomic E-state index is -0.478. The highest BCUT2D eigenvalue weighted by Gasteiger charge is 2.44. The zero-order valence-electron chi connectivity index (χ0n) is 16.4. The Morgan fingerprint density at radius 1 is 1.21 bits per heavy atom. The Morgan fingerprint density at radius 2 is 1.89 bits per heavy atom. The molecule has 0 fully saturated rings. The van der Waals surface area contributed by atoms with Crippen LogP contribution in [0.5, 0.6) is 11.5 Å². The molecule has 1 aliphatic heterocycles. The Balaban J connectivity index is 2.24. The summed E-state index contributed by atoms with van der Waals surface area (Å²) >= 11 is 3.60. The lowest BCUT2D eigenvalue weighted by Gasteiger charge is -2.38. The van der Waals surface area contributed by atoms with E-state index in [4.69, 9.17) is 14.2 Å². The average molecular weight is 450 g/mol. The zero-order chi connectivity index (χ0) is 20.4. The van der Waals surface area contributed by atoms with Crippen molar-refractivity contribution in [2.24, 2.45) is 5.92 Å². The van der Waals surface area contributed by atoms with E-state index >= 15 is 0 Å². The number of fused-ring (bicyclic) bond motifs is 1. The van der Waals surface area contributed by atoms with E-state index in [2.05, 4.69) is 21.2 Å². The van der Waals surface area contributed by atoms with Gasteiger partial charge < -0.3 is 19.5 Å². The van der Waals surface area contributed by atoms with Gasteiger partial charge in [0.1, 0.15) is 5.78 Å². The molecule has 0 spiro atoms. The van der Waals surface area contributed by atoms with E-state index in [1.807, 2.05) is 19.1 Å². The molecular weight excluding hydrogens is 426 g/mol. The van der Waals surface area contributed by atoms with Gasteiger partial charge in [0.15, 0.2) is 11.5 Å². The lowest BCUT2D eigenvalue weighted by Crippen LogP contribution is -2.41. The molecule has 2 aliphatic rings. The second-order valence-electron chi connectivity index (χ2n) is 6.73. The molecule has 2 unspecified atom stereocenters. The predicted octanol–water partition coefficient (Wildman–Crippen LogP) is 3.85. The Hall–Kier alpha value is -2.28.